The highest BCUT2D eigenvalue weighted by molar-refractivity contribution is 7.80. The smallest absolute Gasteiger partial charge is 0.0645 e. The summed E-state index contributed by atoms with van der Waals surface area (Å²) in [5.41, 5.74) is 0. The average molecular weight is 119 g/mol. The fourth-order valence-corrected chi connectivity index (χ4v) is 0.429. The molecule has 0 heterocycles. The zero-order valence-corrected chi connectivity index (χ0v) is 5.62. The van der Waals surface area contributed by atoms with Gasteiger partial charge in [0, 0.05) is 12.4 Å². The van der Waals surface area contributed by atoms with Gasteiger partial charge in [-0.15, -0.1) is 0 Å². The van der Waals surface area contributed by atoms with Crippen LogP contribution in [0.1, 0.15) is 13.8 Å². The second-order valence-corrected chi connectivity index (χ2v) is 1.77. The molecule has 0 aromatic rings. The van der Waals surface area contributed by atoms with Crippen LogP contribution in [0.3, 0.4) is 0 Å². The number of ether oxygens (including phenoxy) is 1. The molecule has 0 saturated heterocycles. The molecule has 0 spiro atoms. The van der Waals surface area contributed by atoms with E-state index in [-0.39, 0.29) is 6.10 Å². The zero-order valence-electron chi connectivity index (χ0n) is 4.81. The third-order valence-electron chi connectivity index (χ3n) is 0.686. The lowest BCUT2D eigenvalue weighted by atomic mass is 10.5. The van der Waals surface area contributed by atoms with E-state index in [2.05, 4.69) is 0 Å². The van der Waals surface area contributed by atoms with Crippen LogP contribution in [0, 0.1) is 0 Å². The first-order chi connectivity index (χ1) is 3.31. The van der Waals surface area contributed by atoms with Gasteiger partial charge in [-0.1, -0.05) is 12.6 Å². The lowest BCUT2D eigenvalue weighted by Crippen LogP contribution is -2.08. The van der Waals surface area contributed by atoms with Crippen LogP contribution in [0.25, 0.3) is 0 Å². The van der Waals surface area contributed by atoms with Crippen molar-refractivity contribution >= 4 is 12.6 Å². The van der Waals surface area contributed by atoms with E-state index < -0.39 is 0 Å². The van der Waals surface area contributed by atoms with Crippen LogP contribution < -0.4 is 0 Å². The highest BCUT2D eigenvalue weighted by atomic mass is 32.1. The first-order valence-corrected chi connectivity index (χ1v) is 3.08. The Bertz CT molecular complexity index is 39.1. The van der Waals surface area contributed by atoms with Crippen molar-refractivity contribution in [3.8, 4) is 0 Å². The molecule has 0 rings (SSSR count). The fourth-order valence-electron chi connectivity index (χ4n) is 0.333. The van der Waals surface area contributed by atoms with Gasteiger partial charge in [-0.3, -0.25) is 0 Å². The molecule has 0 N–H and O–H groups in total. The van der Waals surface area contributed by atoms with Crippen molar-refractivity contribution in [2.75, 3.05) is 12.4 Å². The van der Waals surface area contributed by atoms with Gasteiger partial charge in [-0.05, 0) is 13.8 Å². The minimum atomic E-state index is 0.264. The third-order valence-corrected chi connectivity index (χ3v) is 1.16. The average Bonchev–Trinajstić information content (AvgIpc) is 1.68. The van der Waals surface area contributed by atoms with E-state index >= 15 is 0 Å². The summed E-state index contributed by atoms with van der Waals surface area (Å²) in [7, 11) is 0. The molecule has 0 fully saturated rings. The van der Waals surface area contributed by atoms with Crippen molar-refractivity contribution in [3.05, 3.63) is 0 Å². The van der Waals surface area contributed by atoms with E-state index in [0.717, 1.165) is 6.61 Å². The van der Waals surface area contributed by atoms with E-state index in [1.165, 1.54) is 0 Å². The van der Waals surface area contributed by atoms with Crippen molar-refractivity contribution < 1.29 is 4.74 Å². The Morgan fingerprint density at radius 3 is 2.43 bits per heavy atom. The number of rotatable bonds is 3. The van der Waals surface area contributed by atoms with Crippen LogP contribution in [0.4, 0.5) is 0 Å². The van der Waals surface area contributed by atoms with Crippen LogP contribution in [0.2, 0.25) is 0 Å². The summed E-state index contributed by atoms with van der Waals surface area (Å²) in [4.78, 5) is 0. The SMILES string of the molecule is CCOC(C)C[S]. The summed E-state index contributed by atoms with van der Waals surface area (Å²) in [6.45, 7) is 4.73. The molecule has 0 aromatic heterocycles. The Labute approximate surface area is 50.5 Å². The van der Waals surface area contributed by atoms with Crippen LogP contribution in [-0.2, 0) is 4.74 Å². The summed E-state index contributed by atoms with van der Waals surface area (Å²) in [5, 5.41) is 0. The molecule has 1 radical (unpaired) electrons. The van der Waals surface area contributed by atoms with Crippen molar-refractivity contribution in [3.63, 3.8) is 0 Å². The summed E-state index contributed by atoms with van der Waals surface area (Å²) in [5.74, 6) is 0.702. The van der Waals surface area contributed by atoms with Gasteiger partial charge < -0.3 is 4.74 Å². The molecule has 7 heavy (non-hydrogen) atoms. The number of hydrogen-bond donors (Lipinski definition) is 0. The van der Waals surface area contributed by atoms with Crippen molar-refractivity contribution in [2.24, 2.45) is 0 Å². The monoisotopic (exact) mass is 119 g/mol. The molecule has 0 aliphatic carbocycles. The van der Waals surface area contributed by atoms with Gasteiger partial charge in [0.25, 0.3) is 0 Å². The zero-order chi connectivity index (χ0) is 5.70. The van der Waals surface area contributed by atoms with Gasteiger partial charge in [-0.25, -0.2) is 0 Å². The van der Waals surface area contributed by atoms with Gasteiger partial charge in [0.2, 0.25) is 0 Å². The molecule has 0 aromatic carbocycles. The standard InChI is InChI=1S/C5H11OS/c1-3-6-5(2)4-7/h5H,3-4H2,1-2H3. The molecule has 1 unspecified atom stereocenters. The molecule has 0 amide bonds. The maximum Gasteiger partial charge on any atom is 0.0645 e. The second-order valence-electron chi connectivity index (χ2n) is 1.43. The van der Waals surface area contributed by atoms with E-state index in [1.807, 2.05) is 13.8 Å². The van der Waals surface area contributed by atoms with Crippen molar-refractivity contribution in [1.82, 2.24) is 0 Å². The largest absolute Gasteiger partial charge is 0.378 e. The summed E-state index contributed by atoms with van der Waals surface area (Å²) in [6.07, 6.45) is 0.264. The van der Waals surface area contributed by atoms with Crippen LogP contribution in [0.15, 0.2) is 0 Å². The quantitative estimate of drug-likeness (QED) is 0.548. The fraction of sp³-hybridized carbons (Fsp3) is 1.00. The molecule has 0 aliphatic heterocycles. The number of hydrogen-bond acceptors (Lipinski definition) is 1. The minimum Gasteiger partial charge on any atom is -0.378 e. The molecule has 0 aliphatic rings. The highest BCUT2D eigenvalue weighted by Gasteiger charge is 1.93. The molecule has 0 saturated carbocycles. The maximum atomic E-state index is 5.09. The summed E-state index contributed by atoms with van der Waals surface area (Å²) in [6, 6.07) is 0. The predicted molar refractivity (Wildman–Crippen MR) is 33.5 cm³/mol. The summed E-state index contributed by atoms with van der Waals surface area (Å²) >= 11 is 4.72. The first kappa shape index (κ1) is 7.31. The predicted octanol–water partition coefficient (Wildman–Crippen LogP) is 1.61. The van der Waals surface area contributed by atoms with Gasteiger partial charge in [0.15, 0.2) is 0 Å². The van der Waals surface area contributed by atoms with Gasteiger partial charge in [0.05, 0.1) is 6.10 Å². The molecule has 1 atom stereocenters. The Balaban J connectivity index is 2.83. The van der Waals surface area contributed by atoms with E-state index in [9.17, 15) is 0 Å². The second kappa shape index (κ2) is 4.47. The maximum absolute atomic E-state index is 5.09. The van der Waals surface area contributed by atoms with E-state index in [1.54, 1.807) is 0 Å². The molecule has 2 heteroatoms. The molecule has 1 nitrogen and oxygen atoms in total. The van der Waals surface area contributed by atoms with Crippen LogP contribution >= 0.6 is 12.6 Å². The Hall–Kier alpha value is 0.310. The van der Waals surface area contributed by atoms with Gasteiger partial charge >= 0.3 is 0 Å². The van der Waals surface area contributed by atoms with Crippen molar-refractivity contribution in [2.45, 2.75) is 20.0 Å². The van der Waals surface area contributed by atoms with Gasteiger partial charge in [-0.2, -0.15) is 0 Å². The lowest BCUT2D eigenvalue weighted by molar-refractivity contribution is 0.0934. The minimum absolute atomic E-state index is 0.264. The van der Waals surface area contributed by atoms with Crippen LogP contribution in [0.5, 0.6) is 0 Å². The van der Waals surface area contributed by atoms with Gasteiger partial charge in [0.1, 0.15) is 0 Å². The normalized spacial score (nSPS) is 14.1. The lowest BCUT2D eigenvalue weighted by Gasteiger charge is -2.04. The van der Waals surface area contributed by atoms with E-state index in [4.69, 9.17) is 17.4 Å². The Morgan fingerprint density at radius 1 is 1.71 bits per heavy atom. The molecular formula is C5H11OS. The molecular weight excluding hydrogens is 108 g/mol. The molecule has 0 bridgehead atoms. The van der Waals surface area contributed by atoms with E-state index in [0.29, 0.717) is 5.75 Å². The summed E-state index contributed by atoms with van der Waals surface area (Å²) < 4.78 is 5.09. The Kier molecular flexibility index (Phi) is 4.67. The van der Waals surface area contributed by atoms with Crippen LogP contribution in [-0.4, -0.2) is 18.5 Å². The van der Waals surface area contributed by atoms with Crippen molar-refractivity contribution in [1.29, 1.82) is 0 Å². The molecule has 43 valence electrons. The first-order valence-electron chi connectivity index (χ1n) is 2.51. The third kappa shape index (κ3) is 4.16. The highest BCUT2D eigenvalue weighted by Crippen LogP contribution is 1.90. The Morgan fingerprint density at radius 2 is 2.29 bits per heavy atom. The topological polar surface area (TPSA) is 9.23 Å².